The lowest BCUT2D eigenvalue weighted by Crippen LogP contribution is -2.49. The number of anilines is 1. The Labute approximate surface area is 203 Å². The molecule has 1 fully saturated rings. The summed E-state index contributed by atoms with van der Waals surface area (Å²) in [5, 5.41) is 5.14. The van der Waals surface area contributed by atoms with Crippen molar-refractivity contribution >= 4 is 29.2 Å². The first kappa shape index (κ1) is 22.3. The molecule has 0 bridgehead atoms. The fraction of sp³-hybridized carbons (Fsp3) is 0.320. The Bertz CT molecular complexity index is 1320. The molecule has 1 saturated heterocycles. The summed E-state index contributed by atoms with van der Waals surface area (Å²) in [5.74, 6) is 1.12. The van der Waals surface area contributed by atoms with Crippen molar-refractivity contribution in [2.24, 2.45) is 0 Å². The maximum atomic E-state index is 12.8. The fourth-order valence-corrected chi connectivity index (χ4v) is 4.18. The maximum Gasteiger partial charge on any atom is 0.255 e. The molecule has 8 nitrogen and oxygen atoms in total. The molecule has 174 valence electrons. The number of carbonyl (C=O) groups excluding carboxylic acids is 1. The molecule has 0 atom stereocenters. The number of fused-ring (bicyclic) bond motifs is 1. The van der Waals surface area contributed by atoms with E-state index in [2.05, 4.69) is 64.9 Å². The van der Waals surface area contributed by atoms with Crippen LogP contribution >= 0.6 is 11.6 Å². The Kier molecular flexibility index (Phi) is 5.69. The van der Waals surface area contributed by atoms with Crippen molar-refractivity contribution in [1.82, 2.24) is 29.5 Å². The third kappa shape index (κ3) is 4.33. The molecule has 1 aliphatic heterocycles. The van der Waals surface area contributed by atoms with Crippen LogP contribution < -0.4 is 4.90 Å². The number of pyridine rings is 1. The molecule has 0 N–H and O–H groups in total. The molecule has 1 aliphatic rings. The molecule has 0 unspecified atom stereocenters. The Morgan fingerprint density at radius 1 is 0.941 bits per heavy atom. The maximum absolute atomic E-state index is 12.8. The van der Waals surface area contributed by atoms with Gasteiger partial charge in [-0.25, -0.2) is 9.97 Å². The number of hydrogen-bond donors (Lipinski definition) is 0. The zero-order valence-electron chi connectivity index (χ0n) is 19.4. The molecule has 0 saturated carbocycles. The van der Waals surface area contributed by atoms with Crippen LogP contribution in [0.25, 0.3) is 17.0 Å². The highest BCUT2D eigenvalue weighted by atomic mass is 35.5. The normalized spacial score (nSPS) is 14.6. The number of halogens is 1. The summed E-state index contributed by atoms with van der Waals surface area (Å²) in [5.41, 5.74) is 3.91. The van der Waals surface area contributed by atoms with Crippen LogP contribution in [0.4, 0.5) is 5.95 Å². The summed E-state index contributed by atoms with van der Waals surface area (Å²) < 4.78 is 1.79. The van der Waals surface area contributed by atoms with E-state index in [1.165, 1.54) is 11.8 Å². The average molecular weight is 476 g/mol. The minimum Gasteiger partial charge on any atom is -0.336 e. The first-order chi connectivity index (χ1) is 16.3. The highest BCUT2D eigenvalue weighted by Crippen LogP contribution is 2.26. The van der Waals surface area contributed by atoms with Gasteiger partial charge in [-0.15, -0.1) is 5.10 Å². The lowest BCUT2D eigenvalue weighted by molar-refractivity contribution is 0.0746. The Morgan fingerprint density at radius 3 is 2.32 bits per heavy atom. The quantitative estimate of drug-likeness (QED) is 0.415. The van der Waals surface area contributed by atoms with Gasteiger partial charge in [0.2, 0.25) is 5.95 Å². The molecule has 0 aliphatic carbocycles. The summed E-state index contributed by atoms with van der Waals surface area (Å²) in [6.07, 6.45) is 3.28. The second-order valence-corrected chi connectivity index (χ2v) is 9.82. The molecule has 34 heavy (non-hydrogen) atoms. The SMILES string of the molecule is CC(C)(C)c1ccc(-c2ccnc3nc(N4CCN(C(=O)c5ccc(Cl)nc5)CC4)nn23)cc1. The van der Waals surface area contributed by atoms with E-state index in [0.717, 1.165) is 11.3 Å². The van der Waals surface area contributed by atoms with Crippen molar-refractivity contribution in [3.05, 3.63) is 71.1 Å². The molecule has 9 heteroatoms. The van der Waals surface area contributed by atoms with E-state index in [0.29, 0.717) is 48.6 Å². The van der Waals surface area contributed by atoms with Gasteiger partial charge in [-0.3, -0.25) is 4.79 Å². The number of benzene rings is 1. The van der Waals surface area contributed by atoms with E-state index in [-0.39, 0.29) is 11.3 Å². The summed E-state index contributed by atoms with van der Waals surface area (Å²) in [7, 11) is 0. The van der Waals surface area contributed by atoms with E-state index < -0.39 is 0 Å². The van der Waals surface area contributed by atoms with E-state index in [4.69, 9.17) is 16.7 Å². The van der Waals surface area contributed by atoms with Gasteiger partial charge in [0.25, 0.3) is 11.7 Å². The van der Waals surface area contributed by atoms with E-state index in [1.807, 2.05) is 11.0 Å². The zero-order valence-corrected chi connectivity index (χ0v) is 20.2. The smallest absolute Gasteiger partial charge is 0.255 e. The number of piperazine rings is 1. The van der Waals surface area contributed by atoms with Crippen LogP contribution in [-0.2, 0) is 5.41 Å². The Morgan fingerprint density at radius 2 is 1.68 bits per heavy atom. The van der Waals surface area contributed by atoms with E-state index in [9.17, 15) is 4.79 Å². The molecule has 4 heterocycles. The number of rotatable bonds is 3. The van der Waals surface area contributed by atoms with Crippen molar-refractivity contribution < 1.29 is 4.79 Å². The van der Waals surface area contributed by atoms with Gasteiger partial charge in [0, 0.05) is 44.1 Å². The first-order valence-electron chi connectivity index (χ1n) is 11.3. The number of hydrogen-bond acceptors (Lipinski definition) is 6. The second-order valence-electron chi connectivity index (χ2n) is 9.43. The van der Waals surface area contributed by atoms with Crippen molar-refractivity contribution in [1.29, 1.82) is 0 Å². The van der Waals surface area contributed by atoms with E-state index >= 15 is 0 Å². The Balaban J connectivity index is 1.34. The molecule has 3 aromatic heterocycles. The molecule has 4 aromatic rings. The molecule has 0 spiro atoms. The zero-order chi connectivity index (χ0) is 23.9. The van der Waals surface area contributed by atoms with Crippen molar-refractivity contribution in [2.45, 2.75) is 26.2 Å². The van der Waals surface area contributed by atoms with Gasteiger partial charge in [-0.1, -0.05) is 56.6 Å². The number of amides is 1. The highest BCUT2D eigenvalue weighted by Gasteiger charge is 2.25. The topological polar surface area (TPSA) is 79.5 Å². The predicted molar refractivity (Wildman–Crippen MR) is 132 cm³/mol. The van der Waals surface area contributed by atoms with Crippen LogP contribution in [0.2, 0.25) is 5.15 Å². The fourth-order valence-electron chi connectivity index (χ4n) is 4.07. The summed E-state index contributed by atoms with van der Waals surface area (Å²) in [6.45, 7) is 9.04. The lowest BCUT2D eigenvalue weighted by atomic mass is 9.86. The van der Waals surface area contributed by atoms with Gasteiger partial charge < -0.3 is 9.80 Å². The number of carbonyl (C=O) groups is 1. The average Bonchev–Trinajstić information content (AvgIpc) is 3.28. The summed E-state index contributed by atoms with van der Waals surface area (Å²) >= 11 is 5.83. The van der Waals surface area contributed by atoms with Crippen molar-refractivity contribution in [3.8, 4) is 11.3 Å². The van der Waals surface area contributed by atoms with Gasteiger partial charge in [-0.05, 0) is 29.2 Å². The van der Waals surface area contributed by atoms with Crippen LogP contribution in [0.15, 0.2) is 54.9 Å². The molecule has 0 radical (unpaired) electrons. The number of nitrogens with zero attached hydrogens (tertiary/aromatic N) is 7. The van der Waals surface area contributed by atoms with Crippen molar-refractivity contribution in [3.63, 3.8) is 0 Å². The van der Waals surface area contributed by atoms with Crippen molar-refractivity contribution in [2.75, 3.05) is 31.1 Å². The highest BCUT2D eigenvalue weighted by molar-refractivity contribution is 6.29. The van der Waals surface area contributed by atoms with Crippen LogP contribution in [0.1, 0.15) is 36.7 Å². The largest absolute Gasteiger partial charge is 0.336 e. The van der Waals surface area contributed by atoms with Gasteiger partial charge in [0.1, 0.15) is 5.15 Å². The molecule has 5 rings (SSSR count). The molecule has 1 amide bonds. The van der Waals surface area contributed by atoms with Crippen LogP contribution in [0.3, 0.4) is 0 Å². The lowest BCUT2D eigenvalue weighted by Gasteiger charge is -2.34. The second kappa shape index (κ2) is 8.68. The van der Waals surface area contributed by atoms with Crippen LogP contribution in [0, 0.1) is 0 Å². The van der Waals surface area contributed by atoms with Crippen LogP contribution in [0.5, 0.6) is 0 Å². The third-order valence-electron chi connectivity index (χ3n) is 6.10. The number of aromatic nitrogens is 5. The van der Waals surface area contributed by atoms with E-state index in [1.54, 1.807) is 22.8 Å². The minimum absolute atomic E-state index is 0.0468. The third-order valence-corrected chi connectivity index (χ3v) is 6.32. The summed E-state index contributed by atoms with van der Waals surface area (Å²) in [4.78, 5) is 29.7. The predicted octanol–water partition coefficient (Wildman–Crippen LogP) is 4.10. The monoisotopic (exact) mass is 475 g/mol. The van der Waals surface area contributed by atoms with Gasteiger partial charge in [0.05, 0.1) is 11.3 Å². The standard InChI is InChI=1S/C25H26ClN7O/c1-25(2,3)19-7-4-17(5-8-19)20-10-11-27-23-29-24(30-33(20)23)32-14-12-31(13-15-32)22(34)18-6-9-21(26)28-16-18/h4-11,16H,12-15H2,1-3H3. The van der Waals surface area contributed by atoms with Crippen LogP contribution in [-0.4, -0.2) is 61.6 Å². The first-order valence-corrected chi connectivity index (χ1v) is 11.7. The van der Waals surface area contributed by atoms with Gasteiger partial charge >= 0.3 is 0 Å². The molecular formula is C25H26ClN7O. The van der Waals surface area contributed by atoms with Gasteiger partial charge in [0.15, 0.2) is 0 Å². The molecular weight excluding hydrogens is 450 g/mol. The molecule has 1 aromatic carbocycles. The summed E-state index contributed by atoms with van der Waals surface area (Å²) in [6, 6.07) is 13.8. The Hall–Kier alpha value is -3.52. The van der Waals surface area contributed by atoms with Gasteiger partial charge in [-0.2, -0.15) is 9.50 Å². The minimum atomic E-state index is -0.0468.